The highest BCUT2D eigenvalue weighted by molar-refractivity contribution is 7.25. The fourth-order valence-electron chi connectivity index (χ4n) is 3.55. The van der Waals surface area contributed by atoms with E-state index in [1.54, 1.807) is 0 Å². The van der Waals surface area contributed by atoms with Gasteiger partial charge in [-0.3, -0.25) is 0 Å². The van der Waals surface area contributed by atoms with Crippen LogP contribution in [0.1, 0.15) is 11.1 Å². The molecule has 26 heavy (non-hydrogen) atoms. The predicted molar refractivity (Wildman–Crippen MR) is 114 cm³/mol. The molecule has 0 saturated carbocycles. The molecular formula is C25H18S. The van der Waals surface area contributed by atoms with Gasteiger partial charge in [0.25, 0.3) is 0 Å². The monoisotopic (exact) mass is 350 g/mol. The highest BCUT2D eigenvalue weighted by Crippen LogP contribution is 2.36. The average Bonchev–Trinajstić information content (AvgIpc) is 3.07. The van der Waals surface area contributed by atoms with Gasteiger partial charge in [0.1, 0.15) is 0 Å². The number of hydrogen-bond donors (Lipinski definition) is 0. The maximum absolute atomic E-state index is 2.33. The molecule has 1 heteroatoms. The number of hydrogen-bond acceptors (Lipinski definition) is 1. The fourth-order valence-corrected chi connectivity index (χ4v) is 4.70. The molecule has 0 aliphatic rings. The number of rotatable bonds is 3. The van der Waals surface area contributed by atoms with E-state index in [1.165, 1.54) is 42.4 Å². The molecule has 1 heterocycles. The van der Waals surface area contributed by atoms with Gasteiger partial charge in [-0.05, 0) is 40.8 Å². The highest BCUT2D eigenvalue weighted by Gasteiger charge is 2.06. The van der Waals surface area contributed by atoms with Crippen LogP contribution in [0.2, 0.25) is 0 Å². The molecule has 0 amide bonds. The molecule has 0 aliphatic carbocycles. The van der Waals surface area contributed by atoms with E-state index in [9.17, 15) is 0 Å². The highest BCUT2D eigenvalue weighted by atomic mass is 32.1. The second-order valence-electron chi connectivity index (χ2n) is 6.67. The summed E-state index contributed by atoms with van der Waals surface area (Å²) in [5.41, 5.74) is 5.27. The Balaban J connectivity index is 1.48. The van der Waals surface area contributed by atoms with Crippen molar-refractivity contribution in [2.45, 2.75) is 6.42 Å². The van der Waals surface area contributed by atoms with Crippen LogP contribution in [-0.4, -0.2) is 0 Å². The van der Waals surface area contributed by atoms with E-state index >= 15 is 0 Å². The van der Waals surface area contributed by atoms with Gasteiger partial charge >= 0.3 is 0 Å². The van der Waals surface area contributed by atoms with Crippen LogP contribution >= 0.6 is 11.3 Å². The number of benzene rings is 4. The molecule has 0 radical (unpaired) electrons. The van der Waals surface area contributed by atoms with Crippen molar-refractivity contribution in [3.63, 3.8) is 0 Å². The second-order valence-corrected chi connectivity index (χ2v) is 7.75. The topological polar surface area (TPSA) is 0 Å². The summed E-state index contributed by atoms with van der Waals surface area (Å²) < 4.78 is 2.72. The lowest BCUT2D eigenvalue weighted by Gasteiger charge is -2.05. The SMILES string of the molecule is c1ccc(Cc2ccc(-c3ccc4c(c3)sc3ccccc34)cc2)cc1. The van der Waals surface area contributed by atoms with E-state index in [4.69, 9.17) is 0 Å². The summed E-state index contributed by atoms with van der Waals surface area (Å²) in [5, 5.41) is 2.72. The van der Waals surface area contributed by atoms with Crippen LogP contribution in [0.25, 0.3) is 31.3 Å². The Hall–Kier alpha value is -2.90. The predicted octanol–water partition coefficient (Wildman–Crippen LogP) is 7.31. The molecular weight excluding hydrogens is 332 g/mol. The lowest BCUT2D eigenvalue weighted by molar-refractivity contribution is 1.19. The third kappa shape index (κ3) is 2.81. The van der Waals surface area contributed by atoms with Crippen LogP contribution in [0.5, 0.6) is 0 Å². The summed E-state index contributed by atoms with van der Waals surface area (Å²) in [4.78, 5) is 0. The van der Waals surface area contributed by atoms with Crippen molar-refractivity contribution in [2.75, 3.05) is 0 Å². The van der Waals surface area contributed by atoms with E-state index in [-0.39, 0.29) is 0 Å². The molecule has 5 rings (SSSR count). The summed E-state index contributed by atoms with van der Waals surface area (Å²) in [6.45, 7) is 0. The molecule has 0 N–H and O–H groups in total. The van der Waals surface area contributed by atoms with E-state index in [0.717, 1.165) is 6.42 Å². The van der Waals surface area contributed by atoms with Gasteiger partial charge in [-0.1, -0.05) is 84.9 Å². The smallest absolute Gasteiger partial charge is 0.0361 e. The summed E-state index contributed by atoms with van der Waals surface area (Å²) in [5.74, 6) is 0. The zero-order valence-corrected chi connectivity index (χ0v) is 15.2. The first-order valence-corrected chi connectivity index (χ1v) is 9.73. The average molecular weight is 350 g/mol. The molecule has 0 atom stereocenters. The van der Waals surface area contributed by atoms with Crippen molar-refractivity contribution in [3.8, 4) is 11.1 Å². The van der Waals surface area contributed by atoms with Gasteiger partial charge in [-0.2, -0.15) is 0 Å². The zero-order chi connectivity index (χ0) is 17.3. The second kappa shape index (κ2) is 6.44. The van der Waals surface area contributed by atoms with Crippen LogP contribution < -0.4 is 0 Å². The van der Waals surface area contributed by atoms with Gasteiger partial charge in [0.15, 0.2) is 0 Å². The van der Waals surface area contributed by atoms with Crippen molar-refractivity contribution in [2.24, 2.45) is 0 Å². The van der Waals surface area contributed by atoms with Crippen molar-refractivity contribution < 1.29 is 0 Å². The minimum Gasteiger partial charge on any atom is -0.135 e. The third-order valence-corrected chi connectivity index (χ3v) is 6.05. The molecule has 0 fully saturated rings. The Labute approximate surface area is 157 Å². The van der Waals surface area contributed by atoms with Crippen LogP contribution in [0.3, 0.4) is 0 Å². The minimum absolute atomic E-state index is 0.983. The first-order chi connectivity index (χ1) is 12.9. The van der Waals surface area contributed by atoms with Crippen LogP contribution in [-0.2, 0) is 6.42 Å². The summed E-state index contributed by atoms with van der Waals surface area (Å²) in [6, 6.07) is 35.1. The normalized spacial score (nSPS) is 11.2. The Morgan fingerprint density at radius 1 is 0.500 bits per heavy atom. The summed E-state index contributed by atoms with van der Waals surface area (Å²) in [7, 11) is 0. The molecule has 5 aromatic rings. The Morgan fingerprint density at radius 3 is 2.00 bits per heavy atom. The van der Waals surface area contributed by atoms with Gasteiger partial charge in [0.05, 0.1) is 0 Å². The van der Waals surface area contributed by atoms with Gasteiger partial charge in [0.2, 0.25) is 0 Å². The molecule has 0 aliphatic heterocycles. The van der Waals surface area contributed by atoms with Gasteiger partial charge in [-0.25, -0.2) is 0 Å². The standard InChI is InChI=1S/C25H18S/c1-2-6-18(7-3-1)16-19-10-12-20(13-11-19)21-14-15-23-22-8-4-5-9-24(22)26-25(23)17-21/h1-15,17H,16H2. The summed E-state index contributed by atoms with van der Waals surface area (Å²) in [6.07, 6.45) is 0.983. The van der Waals surface area contributed by atoms with Crippen molar-refractivity contribution in [1.29, 1.82) is 0 Å². The zero-order valence-electron chi connectivity index (χ0n) is 14.4. The largest absolute Gasteiger partial charge is 0.135 e. The molecule has 0 bridgehead atoms. The molecule has 0 nitrogen and oxygen atoms in total. The van der Waals surface area contributed by atoms with Crippen molar-refractivity contribution in [3.05, 3.63) is 108 Å². The molecule has 0 saturated heterocycles. The minimum atomic E-state index is 0.983. The van der Waals surface area contributed by atoms with Crippen molar-refractivity contribution in [1.82, 2.24) is 0 Å². The summed E-state index contributed by atoms with van der Waals surface area (Å²) >= 11 is 1.88. The maximum atomic E-state index is 2.33. The number of thiophene rings is 1. The lowest BCUT2D eigenvalue weighted by Crippen LogP contribution is -1.87. The maximum Gasteiger partial charge on any atom is 0.0361 e. The van der Waals surface area contributed by atoms with Crippen LogP contribution in [0.15, 0.2) is 97.1 Å². The third-order valence-electron chi connectivity index (χ3n) is 4.92. The molecule has 4 aromatic carbocycles. The fraction of sp³-hybridized carbons (Fsp3) is 0.0400. The quantitative estimate of drug-likeness (QED) is 0.320. The van der Waals surface area contributed by atoms with E-state index in [0.29, 0.717) is 0 Å². The lowest BCUT2D eigenvalue weighted by atomic mass is 9.99. The number of fused-ring (bicyclic) bond motifs is 3. The van der Waals surface area contributed by atoms with E-state index in [1.807, 2.05) is 11.3 Å². The Morgan fingerprint density at radius 2 is 1.15 bits per heavy atom. The Kier molecular flexibility index (Phi) is 3.80. The van der Waals surface area contributed by atoms with Gasteiger partial charge in [-0.15, -0.1) is 11.3 Å². The van der Waals surface area contributed by atoms with Gasteiger partial charge < -0.3 is 0 Å². The van der Waals surface area contributed by atoms with E-state index < -0.39 is 0 Å². The molecule has 0 spiro atoms. The molecule has 124 valence electrons. The van der Waals surface area contributed by atoms with Crippen LogP contribution in [0.4, 0.5) is 0 Å². The van der Waals surface area contributed by atoms with Crippen LogP contribution in [0, 0.1) is 0 Å². The van der Waals surface area contributed by atoms with E-state index in [2.05, 4.69) is 97.1 Å². The first-order valence-electron chi connectivity index (χ1n) is 8.91. The molecule has 1 aromatic heterocycles. The first kappa shape index (κ1) is 15.4. The Bertz CT molecular complexity index is 1180. The van der Waals surface area contributed by atoms with Crippen molar-refractivity contribution >= 4 is 31.5 Å². The molecule has 0 unspecified atom stereocenters. The van der Waals surface area contributed by atoms with Gasteiger partial charge in [0, 0.05) is 20.2 Å².